The first-order valence-corrected chi connectivity index (χ1v) is 10.7. The van der Waals surface area contributed by atoms with Gasteiger partial charge in [0.05, 0.1) is 7.11 Å². The number of carbonyl (C=O) groups is 1. The van der Waals surface area contributed by atoms with Gasteiger partial charge in [0, 0.05) is 36.0 Å². The maximum absolute atomic E-state index is 13.0. The molecule has 0 saturated carbocycles. The third kappa shape index (κ3) is 4.64. The van der Waals surface area contributed by atoms with E-state index in [4.69, 9.17) is 4.74 Å². The number of rotatable bonds is 8. The van der Waals surface area contributed by atoms with Gasteiger partial charge in [-0.25, -0.2) is 0 Å². The number of methoxy groups -OCH3 is 1. The van der Waals surface area contributed by atoms with Crippen molar-refractivity contribution in [3.05, 3.63) is 101 Å². The van der Waals surface area contributed by atoms with Crippen LogP contribution in [0.15, 0.2) is 79.0 Å². The predicted octanol–water partition coefficient (Wildman–Crippen LogP) is 5.58. The topological polar surface area (TPSA) is 54.1 Å². The van der Waals surface area contributed by atoms with E-state index in [9.17, 15) is 4.79 Å². The Balaban J connectivity index is 1.66. The second-order valence-electron chi connectivity index (χ2n) is 7.73. The molecule has 0 bridgehead atoms. The smallest absolute Gasteiger partial charge is 0.221 e. The van der Waals surface area contributed by atoms with Crippen LogP contribution >= 0.6 is 0 Å². The SMILES string of the molecule is CCc1cccc2c([C@H](CC(=O)NCc3ccccc3)c3cccc(OC)c3)c[nH]c12. The molecule has 0 radical (unpaired) electrons. The zero-order valence-electron chi connectivity index (χ0n) is 18.0. The van der Waals surface area contributed by atoms with Gasteiger partial charge in [0.2, 0.25) is 5.91 Å². The van der Waals surface area contributed by atoms with Crippen molar-refractivity contribution in [2.45, 2.75) is 32.2 Å². The van der Waals surface area contributed by atoms with Crippen molar-refractivity contribution in [2.24, 2.45) is 0 Å². The maximum atomic E-state index is 13.0. The number of aromatic nitrogens is 1. The molecule has 0 aliphatic carbocycles. The van der Waals surface area contributed by atoms with Crippen LogP contribution in [0.3, 0.4) is 0 Å². The number of carbonyl (C=O) groups excluding carboxylic acids is 1. The van der Waals surface area contributed by atoms with Gasteiger partial charge in [-0.3, -0.25) is 4.79 Å². The van der Waals surface area contributed by atoms with Crippen LogP contribution in [0, 0.1) is 0 Å². The summed E-state index contributed by atoms with van der Waals surface area (Å²) in [6.07, 6.45) is 3.38. The Labute approximate surface area is 183 Å². The highest BCUT2D eigenvalue weighted by atomic mass is 16.5. The van der Waals surface area contributed by atoms with Gasteiger partial charge >= 0.3 is 0 Å². The first-order valence-electron chi connectivity index (χ1n) is 10.7. The van der Waals surface area contributed by atoms with Crippen molar-refractivity contribution < 1.29 is 9.53 Å². The highest BCUT2D eigenvalue weighted by molar-refractivity contribution is 5.88. The number of H-pyrrole nitrogens is 1. The van der Waals surface area contributed by atoms with Crippen molar-refractivity contribution in [1.29, 1.82) is 0 Å². The predicted molar refractivity (Wildman–Crippen MR) is 125 cm³/mol. The van der Waals surface area contributed by atoms with Crippen LogP contribution < -0.4 is 10.1 Å². The lowest BCUT2D eigenvalue weighted by molar-refractivity contribution is -0.121. The number of fused-ring (bicyclic) bond motifs is 1. The van der Waals surface area contributed by atoms with Crippen molar-refractivity contribution in [3.8, 4) is 5.75 Å². The van der Waals surface area contributed by atoms with Crippen molar-refractivity contribution in [3.63, 3.8) is 0 Å². The van der Waals surface area contributed by atoms with Crippen molar-refractivity contribution >= 4 is 16.8 Å². The molecule has 2 N–H and O–H groups in total. The summed E-state index contributed by atoms with van der Waals surface area (Å²) in [5.74, 6) is 0.741. The molecule has 31 heavy (non-hydrogen) atoms. The number of amides is 1. The van der Waals surface area contributed by atoms with Crippen LogP contribution in [0.5, 0.6) is 5.75 Å². The maximum Gasteiger partial charge on any atom is 0.221 e. The van der Waals surface area contributed by atoms with Crippen LogP contribution in [0.1, 0.15) is 41.5 Å². The zero-order valence-corrected chi connectivity index (χ0v) is 18.0. The molecule has 158 valence electrons. The molecule has 0 spiro atoms. The Morgan fingerprint density at radius 1 is 1.03 bits per heavy atom. The second kappa shape index (κ2) is 9.52. The number of benzene rings is 3. The Morgan fingerprint density at radius 3 is 2.61 bits per heavy atom. The average molecular weight is 413 g/mol. The van der Waals surface area contributed by atoms with Crippen LogP contribution in [0.4, 0.5) is 0 Å². The Kier molecular flexibility index (Phi) is 6.37. The fourth-order valence-corrected chi connectivity index (χ4v) is 4.14. The summed E-state index contributed by atoms with van der Waals surface area (Å²) < 4.78 is 5.45. The lowest BCUT2D eigenvalue weighted by Crippen LogP contribution is -2.25. The van der Waals surface area contributed by atoms with Gasteiger partial charge in [0.25, 0.3) is 0 Å². The van der Waals surface area contributed by atoms with Gasteiger partial charge in [-0.2, -0.15) is 0 Å². The van der Waals surface area contributed by atoms with Gasteiger partial charge in [0.1, 0.15) is 5.75 Å². The second-order valence-corrected chi connectivity index (χ2v) is 7.73. The van der Waals surface area contributed by atoms with Gasteiger partial charge in [-0.1, -0.05) is 67.6 Å². The quantitative estimate of drug-likeness (QED) is 0.397. The average Bonchev–Trinajstić information content (AvgIpc) is 3.26. The molecule has 0 aliphatic rings. The largest absolute Gasteiger partial charge is 0.497 e. The monoisotopic (exact) mass is 412 g/mol. The summed E-state index contributed by atoms with van der Waals surface area (Å²) in [6.45, 7) is 2.68. The molecule has 0 fully saturated rings. The molecule has 1 atom stereocenters. The lowest BCUT2D eigenvalue weighted by Gasteiger charge is -2.18. The molecule has 1 heterocycles. The number of nitrogens with one attached hydrogen (secondary N) is 2. The molecule has 4 rings (SSSR count). The standard InChI is InChI=1S/C27H28N2O2/c1-3-20-11-8-14-23-25(18-29-27(20)23)24(21-12-7-13-22(15-21)31-2)16-26(30)28-17-19-9-5-4-6-10-19/h4-15,18,24,29H,3,16-17H2,1-2H3,(H,28,30)/t24-/m1/s1. The third-order valence-corrected chi connectivity index (χ3v) is 5.81. The van der Waals surface area contributed by atoms with Crippen LogP contribution in [-0.4, -0.2) is 18.0 Å². The minimum absolute atomic E-state index is 0.0256. The summed E-state index contributed by atoms with van der Waals surface area (Å²) in [5.41, 5.74) is 5.72. The van der Waals surface area contributed by atoms with E-state index in [0.29, 0.717) is 13.0 Å². The fourth-order valence-electron chi connectivity index (χ4n) is 4.14. The first kappa shape index (κ1) is 20.7. The van der Waals surface area contributed by atoms with E-state index >= 15 is 0 Å². The molecule has 0 saturated heterocycles. The molecule has 3 aromatic carbocycles. The van der Waals surface area contributed by atoms with Gasteiger partial charge in [-0.15, -0.1) is 0 Å². The number of hydrogen-bond acceptors (Lipinski definition) is 2. The number of aromatic amines is 1. The molecule has 4 aromatic rings. The normalized spacial score (nSPS) is 11.9. The highest BCUT2D eigenvalue weighted by Crippen LogP contribution is 2.35. The van der Waals surface area contributed by atoms with Gasteiger partial charge < -0.3 is 15.0 Å². The Hall–Kier alpha value is -3.53. The van der Waals surface area contributed by atoms with Crippen LogP contribution in [0.25, 0.3) is 10.9 Å². The Morgan fingerprint density at radius 2 is 1.84 bits per heavy atom. The van der Waals surface area contributed by atoms with Crippen molar-refractivity contribution in [1.82, 2.24) is 10.3 Å². The number of hydrogen-bond donors (Lipinski definition) is 2. The third-order valence-electron chi connectivity index (χ3n) is 5.81. The molecular weight excluding hydrogens is 384 g/mol. The van der Waals surface area contributed by atoms with E-state index < -0.39 is 0 Å². The summed E-state index contributed by atoms with van der Waals surface area (Å²) in [6, 6.07) is 24.4. The van der Waals surface area contributed by atoms with E-state index in [-0.39, 0.29) is 11.8 Å². The van der Waals surface area contributed by atoms with Crippen LogP contribution in [-0.2, 0) is 17.8 Å². The van der Waals surface area contributed by atoms with E-state index in [0.717, 1.165) is 34.4 Å². The van der Waals surface area contributed by atoms with E-state index in [1.165, 1.54) is 10.9 Å². The molecule has 4 nitrogen and oxygen atoms in total. The molecule has 0 aliphatic heterocycles. The van der Waals surface area contributed by atoms with E-state index in [2.05, 4.69) is 47.7 Å². The van der Waals surface area contributed by atoms with Crippen LogP contribution in [0.2, 0.25) is 0 Å². The zero-order chi connectivity index (χ0) is 21.6. The molecule has 0 unspecified atom stereocenters. The number of ether oxygens (including phenoxy) is 1. The summed E-state index contributed by atoms with van der Waals surface area (Å²) >= 11 is 0. The summed E-state index contributed by atoms with van der Waals surface area (Å²) in [7, 11) is 1.67. The first-order chi connectivity index (χ1) is 15.2. The van der Waals surface area contributed by atoms with Gasteiger partial charge in [0.15, 0.2) is 0 Å². The summed E-state index contributed by atoms with van der Waals surface area (Å²) in [5, 5.41) is 4.25. The Bertz CT molecular complexity index is 1160. The molecular formula is C27H28N2O2. The fraction of sp³-hybridized carbons (Fsp3) is 0.222. The number of para-hydroxylation sites is 1. The molecule has 1 amide bonds. The minimum atomic E-state index is -0.0771. The van der Waals surface area contributed by atoms with Crippen molar-refractivity contribution in [2.75, 3.05) is 7.11 Å². The van der Waals surface area contributed by atoms with E-state index in [1.54, 1.807) is 7.11 Å². The molecule has 4 heteroatoms. The number of aryl methyl sites for hydroxylation is 1. The summed E-state index contributed by atoms with van der Waals surface area (Å²) in [4.78, 5) is 16.4. The van der Waals surface area contributed by atoms with Gasteiger partial charge in [-0.05, 0) is 40.8 Å². The minimum Gasteiger partial charge on any atom is -0.497 e. The van der Waals surface area contributed by atoms with E-state index in [1.807, 2.05) is 48.5 Å². The highest BCUT2D eigenvalue weighted by Gasteiger charge is 2.22. The lowest BCUT2D eigenvalue weighted by atomic mass is 9.87. The molecule has 1 aromatic heterocycles.